The minimum atomic E-state index is -0.544. The molecular formula is C15H15FN2O2. The Morgan fingerprint density at radius 1 is 1.05 bits per heavy atom. The summed E-state index contributed by atoms with van der Waals surface area (Å²) >= 11 is 0. The fraction of sp³-hybridized carbons (Fsp3) is 0.133. The maximum absolute atomic E-state index is 13.6. The van der Waals surface area contributed by atoms with Crippen LogP contribution in [0.4, 0.5) is 4.39 Å². The normalized spacial score (nSPS) is 10.1. The molecule has 0 saturated carbocycles. The van der Waals surface area contributed by atoms with Crippen LogP contribution in [0.1, 0.15) is 5.56 Å². The molecule has 0 amide bonds. The second kappa shape index (κ2) is 6.56. The van der Waals surface area contributed by atoms with Crippen molar-refractivity contribution in [1.82, 2.24) is 0 Å². The van der Waals surface area contributed by atoms with Crippen molar-refractivity contribution >= 4 is 5.84 Å². The molecule has 0 radical (unpaired) electrons. The predicted molar refractivity (Wildman–Crippen MR) is 74.8 cm³/mol. The monoisotopic (exact) mass is 274 g/mol. The SMILES string of the molecule is N=C(N)c1ccc(OCCOc2ccccc2)c(F)c1. The Bertz CT molecular complexity index is 588. The topological polar surface area (TPSA) is 68.3 Å². The number of amidine groups is 1. The number of nitrogens with two attached hydrogens (primary N) is 1. The van der Waals surface area contributed by atoms with E-state index in [1.165, 1.54) is 12.1 Å². The number of para-hydroxylation sites is 1. The lowest BCUT2D eigenvalue weighted by atomic mass is 10.2. The Hall–Kier alpha value is -2.56. The van der Waals surface area contributed by atoms with Crippen LogP contribution in [0.5, 0.6) is 11.5 Å². The number of nitrogens with one attached hydrogen (secondary N) is 1. The van der Waals surface area contributed by atoms with Crippen LogP contribution in [-0.2, 0) is 0 Å². The van der Waals surface area contributed by atoms with Crippen molar-refractivity contribution in [3.63, 3.8) is 0 Å². The first kappa shape index (κ1) is 13.9. The van der Waals surface area contributed by atoms with Gasteiger partial charge in [-0.05, 0) is 30.3 Å². The van der Waals surface area contributed by atoms with Gasteiger partial charge in [0.1, 0.15) is 24.8 Å². The molecule has 104 valence electrons. The van der Waals surface area contributed by atoms with E-state index in [0.717, 1.165) is 5.75 Å². The number of benzene rings is 2. The van der Waals surface area contributed by atoms with Gasteiger partial charge in [-0.25, -0.2) is 4.39 Å². The largest absolute Gasteiger partial charge is 0.490 e. The zero-order valence-electron chi connectivity index (χ0n) is 10.8. The summed E-state index contributed by atoms with van der Waals surface area (Å²) in [5, 5.41) is 7.22. The van der Waals surface area contributed by atoms with Gasteiger partial charge in [-0.1, -0.05) is 18.2 Å². The van der Waals surface area contributed by atoms with E-state index >= 15 is 0 Å². The zero-order valence-corrected chi connectivity index (χ0v) is 10.8. The molecule has 0 fully saturated rings. The van der Waals surface area contributed by atoms with Crippen molar-refractivity contribution in [2.45, 2.75) is 0 Å². The number of rotatable bonds is 6. The highest BCUT2D eigenvalue weighted by Crippen LogP contribution is 2.18. The third-order valence-corrected chi connectivity index (χ3v) is 2.60. The van der Waals surface area contributed by atoms with E-state index in [4.69, 9.17) is 20.6 Å². The van der Waals surface area contributed by atoms with Crippen LogP contribution >= 0.6 is 0 Å². The van der Waals surface area contributed by atoms with Crippen LogP contribution in [-0.4, -0.2) is 19.0 Å². The standard InChI is InChI=1S/C15H15FN2O2/c16-13-10-11(15(17)18)6-7-14(13)20-9-8-19-12-4-2-1-3-5-12/h1-7,10H,8-9H2,(H3,17,18). The first-order valence-corrected chi connectivity index (χ1v) is 6.11. The highest BCUT2D eigenvalue weighted by Gasteiger charge is 2.06. The molecule has 0 aliphatic heterocycles. The molecule has 0 spiro atoms. The fourth-order valence-electron chi connectivity index (χ4n) is 1.61. The van der Waals surface area contributed by atoms with Crippen molar-refractivity contribution in [3.8, 4) is 11.5 Å². The smallest absolute Gasteiger partial charge is 0.165 e. The molecule has 0 bridgehead atoms. The Balaban J connectivity index is 1.84. The highest BCUT2D eigenvalue weighted by atomic mass is 19.1. The van der Waals surface area contributed by atoms with Gasteiger partial charge in [0.05, 0.1) is 0 Å². The van der Waals surface area contributed by atoms with Gasteiger partial charge in [-0.15, -0.1) is 0 Å². The molecule has 20 heavy (non-hydrogen) atoms. The van der Waals surface area contributed by atoms with Gasteiger partial charge in [-0.2, -0.15) is 0 Å². The average molecular weight is 274 g/mol. The summed E-state index contributed by atoms with van der Waals surface area (Å²) in [5.41, 5.74) is 5.60. The van der Waals surface area contributed by atoms with E-state index < -0.39 is 5.82 Å². The Morgan fingerprint density at radius 2 is 1.75 bits per heavy atom. The first-order valence-electron chi connectivity index (χ1n) is 6.11. The van der Waals surface area contributed by atoms with Gasteiger partial charge in [0.15, 0.2) is 11.6 Å². The van der Waals surface area contributed by atoms with E-state index in [9.17, 15) is 4.39 Å². The van der Waals surface area contributed by atoms with Crippen molar-refractivity contribution in [3.05, 3.63) is 59.9 Å². The molecule has 0 aliphatic carbocycles. The maximum Gasteiger partial charge on any atom is 0.165 e. The third-order valence-electron chi connectivity index (χ3n) is 2.60. The van der Waals surface area contributed by atoms with Gasteiger partial charge in [0.2, 0.25) is 0 Å². The lowest BCUT2D eigenvalue weighted by Gasteiger charge is -2.09. The molecule has 0 saturated heterocycles. The lowest BCUT2D eigenvalue weighted by Crippen LogP contribution is -2.12. The molecule has 0 aliphatic rings. The van der Waals surface area contributed by atoms with E-state index in [1.54, 1.807) is 6.07 Å². The molecule has 0 atom stereocenters. The summed E-state index contributed by atoms with van der Waals surface area (Å²) in [6.07, 6.45) is 0. The van der Waals surface area contributed by atoms with Crippen LogP contribution in [0.25, 0.3) is 0 Å². The summed E-state index contributed by atoms with van der Waals surface area (Å²) in [6.45, 7) is 0.545. The quantitative estimate of drug-likeness (QED) is 0.483. The van der Waals surface area contributed by atoms with Gasteiger partial charge in [-0.3, -0.25) is 5.41 Å². The third kappa shape index (κ3) is 3.71. The van der Waals surface area contributed by atoms with Crippen LogP contribution in [0, 0.1) is 11.2 Å². The predicted octanol–water partition coefficient (Wildman–Crippen LogP) is 2.57. The number of nitrogen functional groups attached to an aromatic ring is 1. The number of hydrogen-bond donors (Lipinski definition) is 2. The molecular weight excluding hydrogens is 259 g/mol. The summed E-state index contributed by atoms with van der Waals surface area (Å²) in [6, 6.07) is 13.5. The zero-order chi connectivity index (χ0) is 14.4. The van der Waals surface area contributed by atoms with Gasteiger partial charge in [0, 0.05) is 5.56 Å². The van der Waals surface area contributed by atoms with E-state index in [0.29, 0.717) is 12.2 Å². The van der Waals surface area contributed by atoms with Crippen LogP contribution < -0.4 is 15.2 Å². The molecule has 0 heterocycles. The number of ether oxygens (including phenoxy) is 2. The Labute approximate surface area is 116 Å². The second-order valence-corrected chi connectivity index (χ2v) is 4.07. The van der Waals surface area contributed by atoms with E-state index in [1.807, 2.05) is 30.3 Å². The van der Waals surface area contributed by atoms with Crippen LogP contribution in [0.2, 0.25) is 0 Å². The van der Waals surface area contributed by atoms with Gasteiger partial charge in [0.25, 0.3) is 0 Å². The molecule has 2 aromatic carbocycles. The van der Waals surface area contributed by atoms with Crippen molar-refractivity contribution in [2.24, 2.45) is 5.73 Å². The maximum atomic E-state index is 13.6. The molecule has 3 N–H and O–H groups in total. The van der Waals surface area contributed by atoms with Crippen molar-refractivity contribution in [1.29, 1.82) is 5.41 Å². The van der Waals surface area contributed by atoms with Crippen LogP contribution in [0.3, 0.4) is 0 Å². The molecule has 2 aromatic rings. The van der Waals surface area contributed by atoms with Crippen molar-refractivity contribution in [2.75, 3.05) is 13.2 Å². The second-order valence-electron chi connectivity index (χ2n) is 4.07. The first-order chi connectivity index (χ1) is 9.66. The van der Waals surface area contributed by atoms with E-state index in [2.05, 4.69) is 0 Å². The minimum absolute atomic E-state index is 0.117. The number of halogens is 1. The fourth-order valence-corrected chi connectivity index (χ4v) is 1.61. The molecule has 0 unspecified atom stereocenters. The Morgan fingerprint density at radius 3 is 2.40 bits per heavy atom. The van der Waals surface area contributed by atoms with Crippen molar-refractivity contribution < 1.29 is 13.9 Å². The summed E-state index contributed by atoms with van der Waals surface area (Å²) in [7, 11) is 0. The average Bonchev–Trinajstić information content (AvgIpc) is 2.46. The summed E-state index contributed by atoms with van der Waals surface area (Å²) in [4.78, 5) is 0. The van der Waals surface area contributed by atoms with E-state index in [-0.39, 0.29) is 18.2 Å². The summed E-state index contributed by atoms with van der Waals surface area (Å²) in [5.74, 6) is 0.135. The highest BCUT2D eigenvalue weighted by molar-refractivity contribution is 5.95. The minimum Gasteiger partial charge on any atom is -0.490 e. The van der Waals surface area contributed by atoms with Crippen LogP contribution in [0.15, 0.2) is 48.5 Å². The molecule has 4 nitrogen and oxygen atoms in total. The van der Waals surface area contributed by atoms with Gasteiger partial charge < -0.3 is 15.2 Å². The lowest BCUT2D eigenvalue weighted by molar-refractivity contribution is 0.211. The van der Waals surface area contributed by atoms with Gasteiger partial charge >= 0.3 is 0 Å². The molecule has 2 rings (SSSR count). The number of hydrogen-bond acceptors (Lipinski definition) is 3. The molecule has 5 heteroatoms. The Kier molecular flexibility index (Phi) is 4.55. The summed E-state index contributed by atoms with van der Waals surface area (Å²) < 4.78 is 24.4. The molecule has 0 aromatic heterocycles.